The van der Waals surface area contributed by atoms with Crippen molar-refractivity contribution in [2.75, 3.05) is 25.4 Å². The van der Waals surface area contributed by atoms with Crippen LogP contribution in [0.5, 0.6) is 0 Å². The Morgan fingerprint density at radius 2 is 1.89 bits per heavy atom. The van der Waals surface area contributed by atoms with Gasteiger partial charge in [-0.3, -0.25) is 0 Å². The van der Waals surface area contributed by atoms with Gasteiger partial charge in [0, 0.05) is 16.7 Å². The lowest BCUT2D eigenvalue weighted by Gasteiger charge is -2.27. The Morgan fingerprint density at radius 1 is 1.17 bits per heavy atom. The normalized spacial score (nSPS) is 18.7. The van der Waals surface area contributed by atoms with E-state index in [1.54, 1.807) is 0 Å². The smallest absolute Gasteiger partial charge is 0.0146 e. The summed E-state index contributed by atoms with van der Waals surface area (Å²) in [7, 11) is 0. The van der Waals surface area contributed by atoms with Crippen LogP contribution in [0.25, 0.3) is 0 Å². The highest BCUT2D eigenvalue weighted by Gasteiger charge is 2.11. The monoisotopic (exact) mass is 263 g/mol. The molecule has 1 saturated heterocycles. The zero-order valence-corrected chi connectivity index (χ0v) is 11.7. The molecule has 0 amide bonds. The molecule has 0 bridgehead atoms. The van der Waals surface area contributed by atoms with Crippen LogP contribution in [0, 0.1) is 6.42 Å². The van der Waals surface area contributed by atoms with Crippen molar-refractivity contribution in [2.24, 2.45) is 5.73 Å². The van der Waals surface area contributed by atoms with Crippen molar-refractivity contribution in [3.8, 4) is 0 Å². The molecule has 1 heterocycles. The first-order valence-corrected chi connectivity index (χ1v) is 7.80. The van der Waals surface area contributed by atoms with Crippen molar-refractivity contribution in [3.05, 3.63) is 36.8 Å². The second kappa shape index (κ2) is 7.82. The molecule has 18 heavy (non-hydrogen) atoms. The molecule has 3 heteroatoms. The van der Waals surface area contributed by atoms with E-state index in [0.29, 0.717) is 6.04 Å². The Kier molecular flexibility index (Phi) is 6.05. The van der Waals surface area contributed by atoms with Crippen LogP contribution in [0.4, 0.5) is 0 Å². The molecule has 1 radical (unpaired) electrons. The summed E-state index contributed by atoms with van der Waals surface area (Å²) in [6.07, 6.45) is 5.99. The number of thioether (sulfide) groups is 1. The standard InChI is InChI=1S/C15H23N2S/c16-14(9-12-17-10-5-2-6-11-17)13-18-15-7-3-1-4-8-15/h1-4,7-8,14H,5-6,9-13,16H2/t14-/m1/s1. The van der Waals surface area contributed by atoms with Crippen LogP contribution in [-0.4, -0.2) is 36.3 Å². The van der Waals surface area contributed by atoms with Gasteiger partial charge >= 0.3 is 0 Å². The van der Waals surface area contributed by atoms with Crippen LogP contribution < -0.4 is 5.73 Å². The molecule has 1 atom stereocenters. The van der Waals surface area contributed by atoms with Crippen LogP contribution in [0.3, 0.4) is 0 Å². The van der Waals surface area contributed by atoms with Crippen molar-refractivity contribution < 1.29 is 0 Å². The molecule has 1 aliphatic rings. The van der Waals surface area contributed by atoms with E-state index < -0.39 is 0 Å². The Morgan fingerprint density at radius 3 is 2.61 bits per heavy atom. The number of hydrogen-bond acceptors (Lipinski definition) is 3. The van der Waals surface area contributed by atoms with E-state index in [4.69, 9.17) is 5.73 Å². The van der Waals surface area contributed by atoms with Gasteiger partial charge in [-0.15, -0.1) is 11.8 Å². The predicted octanol–water partition coefficient (Wildman–Crippen LogP) is 2.80. The summed E-state index contributed by atoms with van der Waals surface area (Å²) < 4.78 is 0. The van der Waals surface area contributed by atoms with E-state index in [1.807, 2.05) is 11.8 Å². The van der Waals surface area contributed by atoms with Gasteiger partial charge in [0.15, 0.2) is 0 Å². The predicted molar refractivity (Wildman–Crippen MR) is 79.7 cm³/mol. The zero-order chi connectivity index (χ0) is 12.6. The lowest BCUT2D eigenvalue weighted by Crippen LogP contribution is -2.35. The Balaban J connectivity index is 1.61. The lowest BCUT2D eigenvalue weighted by molar-refractivity contribution is 0.246. The maximum atomic E-state index is 6.18. The lowest BCUT2D eigenvalue weighted by atomic mass is 10.1. The summed E-state index contributed by atoms with van der Waals surface area (Å²) in [6, 6.07) is 10.8. The summed E-state index contributed by atoms with van der Waals surface area (Å²) in [5.74, 6) is 1.02. The van der Waals surface area contributed by atoms with Gasteiger partial charge in [-0.05, 0) is 57.5 Å². The van der Waals surface area contributed by atoms with Crippen molar-refractivity contribution >= 4 is 11.8 Å². The minimum absolute atomic E-state index is 0.307. The number of hydrogen-bond donors (Lipinski definition) is 1. The maximum absolute atomic E-state index is 6.18. The number of nitrogens with zero attached hydrogens (tertiary/aromatic N) is 1. The van der Waals surface area contributed by atoms with Crippen molar-refractivity contribution in [1.82, 2.24) is 4.90 Å². The van der Waals surface area contributed by atoms with Crippen molar-refractivity contribution in [2.45, 2.75) is 30.2 Å². The first-order chi connectivity index (χ1) is 8.84. The fourth-order valence-electron chi connectivity index (χ4n) is 2.18. The third-order valence-electron chi connectivity index (χ3n) is 3.32. The molecule has 2 N–H and O–H groups in total. The van der Waals surface area contributed by atoms with Crippen LogP contribution in [0.1, 0.15) is 19.3 Å². The van der Waals surface area contributed by atoms with Gasteiger partial charge in [0.25, 0.3) is 0 Å². The minimum Gasteiger partial charge on any atom is -0.327 e. The molecule has 1 aliphatic heterocycles. The molecule has 1 fully saturated rings. The molecule has 0 unspecified atom stereocenters. The zero-order valence-electron chi connectivity index (χ0n) is 10.9. The Hall–Kier alpha value is -0.510. The molecule has 0 spiro atoms. The van der Waals surface area contributed by atoms with Crippen LogP contribution >= 0.6 is 11.8 Å². The Labute approximate surface area is 115 Å². The van der Waals surface area contributed by atoms with Crippen LogP contribution in [0.15, 0.2) is 35.2 Å². The fourth-order valence-corrected chi connectivity index (χ4v) is 3.10. The molecule has 2 nitrogen and oxygen atoms in total. The van der Waals surface area contributed by atoms with Gasteiger partial charge in [0.2, 0.25) is 0 Å². The third-order valence-corrected chi connectivity index (χ3v) is 4.52. The number of rotatable bonds is 6. The van der Waals surface area contributed by atoms with E-state index in [2.05, 4.69) is 41.7 Å². The summed E-state index contributed by atoms with van der Waals surface area (Å²) >= 11 is 1.87. The second-order valence-corrected chi connectivity index (χ2v) is 5.97. The van der Waals surface area contributed by atoms with Crippen molar-refractivity contribution in [1.29, 1.82) is 0 Å². The highest BCUT2D eigenvalue weighted by molar-refractivity contribution is 7.99. The highest BCUT2D eigenvalue weighted by atomic mass is 32.2. The van der Waals surface area contributed by atoms with Gasteiger partial charge in [0.05, 0.1) is 0 Å². The van der Waals surface area contributed by atoms with E-state index in [1.165, 1.54) is 30.8 Å². The van der Waals surface area contributed by atoms with E-state index in [9.17, 15) is 0 Å². The average Bonchev–Trinajstić information content (AvgIpc) is 2.45. The van der Waals surface area contributed by atoms with E-state index in [0.717, 1.165) is 18.7 Å². The summed E-state index contributed by atoms with van der Waals surface area (Å²) in [5.41, 5.74) is 6.18. The molecular formula is C15H23N2S. The Bertz CT molecular complexity index is 323. The number of nitrogens with two attached hydrogens (primary N) is 1. The largest absolute Gasteiger partial charge is 0.327 e. The molecule has 1 aromatic carbocycles. The summed E-state index contributed by atoms with van der Waals surface area (Å²) in [4.78, 5) is 3.85. The minimum atomic E-state index is 0.307. The highest BCUT2D eigenvalue weighted by Crippen LogP contribution is 2.18. The first kappa shape index (κ1) is 13.9. The van der Waals surface area contributed by atoms with Crippen molar-refractivity contribution in [3.63, 3.8) is 0 Å². The molecule has 2 rings (SSSR count). The average molecular weight is 263 g/mol. The number of likely N-dealkylation sites (tertiary alicyclic amines) is 1. The second-order valence-electron chi connectivity index (χ2n) is 4.88. The van der Waals surface area contributed by atoms with E-state index in [-0.39, 0.29) is 0 Å². The van der Waals surface area contributed by atoms with Crippen LogP contribution in [0.2, 0.25) is 0 Å². The number of piperidine rings is 1. The quantitative estimate of drug-likeness (QED) is 0.800. The van der Waals surface area contributed by atoms with Gasteiger partial charge in [-0.25, -0.2) is 0 Å². The molecule has 99 valence electrons. The van der Waals surface area contributed by atoms with Gasteiger partial charge in [-0.2, -0.15) is 0 Å². The molecule has 0 saturated carbocycles. The topological polar surface area (TPSA) is 29.3 Å². The van der Waals surface area contributed by atoms with Crippen LogP contribution in [-0.2, 0) is 0 Å². The SMILES string of the molecule is N[C@H](CCN1CC[CH]CC1)CSc1ccccc1. The fraction of sp³-hybridized carbons (Fsp3) is 0.533. The van der Waals surface area contributed by atoms with E-state index >= 15 is 0 Å². The first-order valence-electron chi connectivity index (χ1n) is 6.82. The summed E-state index contributed by atoms with van der Waals surface area (Å²) in [6.45, 7) is 3.60. The summed E-state index contributed by atoms with van der Waals surface area (Å²) in [5, 5.41) is 0. The van der Waals surface area contributed by atoms with Gasteiger partial charge in [0.1, 0.15) is 0 Å². The molecular weight excluding hydrogens is 240 g/mol. The molecule has 1 aromatic rings. The third kappa shape index (κ3) is 5.01. The molecule has 0 aromatic heterocycles. The van der Waals surface area contributed by atoms with Gasteiger partial charge < -0.3 is 10.6 Å². The van der Waals surface area contributed by atoms with Gasteiger partial charge in [-0.1, -0.05) is 18.2 Å². The number of benzene rings is 1. The maximum Gasteiger partial charge on any atom is 0.0146 e. The molecule has 0 aliphatic carbocycles.